The first-order valence-corrected chi connectivity index (χ1v) is 6.07. The summed E-state index contributed by atoms with van der Waals surface area (Å²) in [4.78, 5) is 23.5. The van der Waals surface area contributed by atoms with E-state index in [1.54, 1.807) is 0 Å². The summed E-state index contributed by atoms with van der Waals surface area (Å²) in [5.41, 5.74) is -0.0180. The number of nitrogens with zero attached hydrogens (tertiary/aromatic N) is 1. The molecule has 1 saturated heterocycles. The molecule has 9 heteroatoms. The molecule has 0 spiro atoms. The zero-order valence-electron chi connectivity index (χ0n) is 9.74. The van der Waals surface area contributed by atoms with Gasteiger partial charge in [0.25, 0.3) is 0 Å². The predicted octanol–water partition coefficient (Wildman–Crippen LogP) is 2.24. The molecule has 1 fully saturated rings. The van der Waals surface area contributed by atoms with E-state index < -0.39 is 24.1 Å². The van der Waals surface area contributed by atoms with Crippen molar-refractivity contribution in [1.29, 1.82) is 0 Å². The second-order valence-electron chi connectivity index (χ2n) is 3.86. The molecule has 2 rings (SSSR count). The number of esters is 2. The molecular formula is C11H7BrF3NO4. The minimum atomic E-state index is -4.88. The van der Waals surface area contributed by atoms with E-state index in [2.05, 4.69) is 25.4 Å². The minimum Gasteiger partial charge on any atom is -0.404 e. The number of carbonyl (C=O) groups is 2. The first-order valence-electron chi connectivity index (χ1n) is 5.28. The van der Waals surface area contributed by atoms with E-state index in [1.165, 1.54) is 12.1 Å². The third-order valence-electron chi connectivity index (χ3n) is 2.36. The van der Waals surface area contributed by atoms with Crippen molar-refractivity contribution in [3.8, 4) is 5.75 Å². The number of morpholine rings is 1. The Morgan fingerprint density at radius 2 is 1.80 bits per heavy atom. The number of anilines is 1. The van der Waals surface area contributed by atoms with E-state index in [0.717, 1.165) is 11.0 Å². The summed E-state index contributed by atoms with van der Waals surface area (Å²) in [6, 6.07) is 3.90. The molecule has 20 heavy (non-hydrogen) atoms. The van der Waals surface area contributed by atoms with Crippen molar-refractivity contribution in [1.82, 2.24) is 0 Å². The fourth-order valence-electron chi connectivity index (χ4n) is 1.69. The lowest BCUT2D eigenvalue weighted by atomic mass is 10.2. The highest BCUT2D eigenvalue weighted by atomic mass is 79.9. The molecular weight excluding hydrogens is 347 g/mol. The summed E-state index contributed by atoms with van der Waals surface area (Å²) < 4.78 is 45.7. The quantitative estimate of drug-likeness (QED) is 0.602. The molecule has 0 radical (unpaired) electrons. The van der Waals surface area contributed by atoms with E-state index >= 15 is 0 Å². The summed E-state index contributed by atoms with van der Waals surface area (Å²) in [5, 5.41) is 0. The van der Waals surface area contributed by atoms with Crippen molar-refractivity contribution < 1.29 is 32.2 Å². The molecule has 0 saturated carbocycles. The lowest BCUT2D eigenvalue weighted by molar-refractivity contribution is -0.274. The maximum Gasteiger partial charge on any atom is 0.573 e. The number of hydrogen-bond donors (Lipinski definition) is 0. The molecule has 0 aliphatic carbocycles. The van der Waals surface area contributed by atoms with E-state index in [0.29, 0.717) is 4.47 Å². The highest BCUT2D eigenvalue weighted by Crippen LogP contribution is 2.35. The first kappa shape index (κ1) is 14.6. The number of cyclic esters (lactones) is 2. The molecule has 1 aromatic carbocycles. The van der Waals surface area contributed by atoms with Crippen LogP contribution in [-0.2, 0) is 14.3 Å². The van der Waals surface area contributed by atoms with Crippen molar-refractivity contribution in [2.75, 3.05) is 18.0 Å². The molecule has 0 aromatic heterocycles. The lowest BCUT2D eigenvalue weighted by Gasteiger charge is -2.28. The Bertz CT molecular complexity index is 545. The molecule has 0 atom stereocenters. The van der Waals surface area contributed by atoms with Gasteiger partial charge in [0.05, 0.1) is 5.69 Å². The van der Waals surface area contributed by atoms with Gasteiger partial charge >= 0.3 is 18.3 Å². The maximum absolute atomic E-state index is 12.4. The van der Waals surface area contributed by atoms with Crippen LogP contribution in [0.15, 0.2) is 22.7 Å². The standard InChI is InChI=1S/C11H7BrF3NO4/c12-6-1-2-7(8(3-6)20-11(13,14)15)16-4-9(17)19-10(18)5-16/h1-3H,4-5H2. The topological polar surface area (TPSA) is 55.8 Å². The third-order valence-corrected chi connectivity index (χ3v) is 2.85. The predicted molar refractivity (Wildman–Crippen MR) is 64.1 cm³/mol. The van der Waals surface area contributed by atoms with Crippen LogP contribution in [0.4, 0.5) is 18.9 Å². The average Bonchev–Trinajstić information content (AvgIpc) is 2.25. The number of halogens is 4. The third kappa shape index (κ3) is 3.62. The summed E-state index contributed by atoms with van der Waals surface area (Å²) in [5.74, 6) is -2.17. The van der Waals surface area contributed by atoms with Crippen LogP contribution in [0, 0.1) is 0 Å². The number of hydrogen-bond acceptors (Lipinski definition) is 5. The molecule has 0 bridgehead atoms. The van der Waals surface area contributed by atoms with Gasteiger partial charge in [-0.05, 0) is 18.2 Å². The number of benzene rings is 1. The van der Waals surface area contributed by atoms with Gasteiger partial charge in [-0.15, -0.1) is 13.2 Å². The van der Waals surface area contributed by atoms with Crippen molar-refractivity contribution in [3.63, 3.8) is 0 Å². The van der Waals surface area contributed by atoms with Gasteiger partial charge in [-0.3, -0.25) is 0 Å². The lowest BCUT2D eigenvalue weighted by Crippen LogP contribution is -2.43. The molecule has 1 heterocycles. The summed E-state index contributed by atoms with van der Waals surface area (Å²) in [7, 11) is 0. The van der Waals surface area contributed by atoms with E-state index in [-0.39, 0.29) is 18.8 Å². The van der Waals surface area contributed by atoms with Gasteiger partial charge in [-0.25, -0.2) is 9.59 Å². The summed E-state index contributed by atoms with van der Waals surface area (Å²) in [6.45, 7) is -0.664. The van der Waals surface area contributed by atoms with E-state index in [1.807, 2.05) is 0 Å². The van der Waals surface area contributed by atoms with E-state index in [4.69, 9.17) is 0 Å². The number of ether oxygens (including phenoxy) is 2. The highest BCUT2D eigenvalue weighted by Gasteiger charge is 2.34. The fraction of sp³-hybridized carbons (Fsp3) is 0.273. The Labute approximate surface area is 119 Å². The van der Waals surface area contributed by atoms with Gasteiger partial charge in [-0.1, -0.05) is 15.9 Å². The fourth-order valence-corrected chi connectivity index (χ4v) is 2.03. The largest absolute Gasteiger partial charge is 0.573 e. The summed E-state index contributed by atoms with van der Waals surface area (Å²) >= 11 is 3.03. The number of carbonyl (C=O) groups excluding carboxylic acids is 2. The van der Waals surface area contributed by atoms with Crippen molar-refractivity contribution in [2.45, 2.75) is 6.36 Å². The number of alkyl halides is 3. The van der Waals surface area contributed by atoms with Gasteiger partial charge in [0.2, 0.25) is 0 Å². The van der Waals surface area contributed by atoms with Crippen LogP contribution in [0.5, 0.6) is 5.75 Å². The molecule has 1 aliphatic rings. The Morgan fingerprint density at radius 1 is 1.20 bits per heavy atom. The second kappa shape index (κ2) is 5.31. The highest BCUT2D eigenvalue weighted by molar-refractivity contribution is 9.10. The van der Waals surface area contributed by atoms with Crippen LogP contribution in [-0.4, -0.2) is 31.4 Å². The van der Waals surface area contributed by atoms with Crippen LogP contribution in [0.3, 0.4) is 0 Å². The Morgan fingerprint density at radius 3 is 2.35 bits per heavy atom. The first-order chi connectivity index (χ1) is 9.24. The molecule has 0 N–H and O–H groups in total. The van der Waals surface area contributed by atoms with Gasteiger partial charge in [0.15, 0.2) is 5.75 Å². The summed E-state index contributed by atoms with van der Waals surface area (Å²) in [6.07, 6.45) is -4.88. The molecule has 1 aromatic rings. The van der Waals surface area contributed by atoms with Crippen LogP contribution in [0.1, 0.15) is 0 Å². The number of rotatable bonds is 2. The smallest absolute Gasteiger partial charge is 0.404 e. The average molecular weight is 354 g/mol. The molecule has 108 valence electrons. The van der Waals surface area contributed by atoms with Gasteiger partial charge in [0.1, 0.15) is 13.1 Å². The molecule has 1 aliphatic heterocycles. The Hall–Kier alpha value is -1.77. The minimum absolute atomic E-state index is 0.0180. The SMILES string of the molecule is O=C1CN(c2ccc(Br)cc2OC(F)(F)F)CC(=O)O1. The normalized spacial score (nSPS) is 16.1. The van der Waals surface area contributed by atoms with Crippen LogP contribution in [0.25, 0.3) is 0 Å². The monoisotopic (exact) mass is 353 g/mol. The van der Waals surface area contributed by atoms with Crippen molar-refractivity contribution in [2.24, 2.45) is 0 Å². The van der Waals surface area contributed by atoms with Gasteiger partial charge < -0.3 is 14.4 Å². The molecule has 0 unspecified atom stereocenters. The van der Waals surface area contributed by atoms with Crippen molar-refractivity contribution >= 4 is 33.6 Å². The zero-order valence-corrected chi connectivity index (χ0v) is 11.3. The van der Waals surface area contributed by atoms with Gasteiger partial charge in [-0.2, -0.15) is 0 Å². The maximum atomic E-state index is 12.4. The van der Waals surface area contributed by atoms with Gasteiger partial charge in [0, 0.05) is 4.47 Å². The van der Waals surface area contributed by atoms with Crippen molar-refractivity contribution in [3.05, 3.63) is 22.7 Å². The second-order valence-corrected chi connectivity index (χ2v) is 4.78. The Balaban J connectivity index is 2.35. The van der Waals surface area contributed by atoms with Crippen LogP contribution < -0.4 is 9.64 Å². The Kier molecular flexibility index (Phi) is 3.89. The molecule has 5 nitrogen and oxygen atoms in total. The van der Waals surface area contributed by atoms with Crippen LogP contribution >= 0.6 is 15.9 Å². The molecule has 0 amide bonds. The van der Waals surface area contributed by atoms with Crippen LogP contribution in [0.2, 0.25) is 0 Å². The van der Waals surface area contributed by atoms with E-state index in [9.17, 15) is 22.8 Å². The zero-order chi connectivity index (χ0) is 14.9.